The predicted octanol–water partition coefficient (Wildman–Crippen LogP) is 8.12. The van der Waals surface area contributed by atoms with Crippen molar-refractivity contribution in [3.8, 4) is 11.1 Å². The molecule has 5 aromatic rings. The molecule has 0 saturated carbocycles. The summed E-state index contributed by atoms with van der Waals surface area (Å²) in [4.78, 5) is 31.3. The van der Waals surface area contributed by atoms with E-state index in [9.17, 15) is 61.5 Å². The number of alkyl halides is 8. The van der Waals surface area contributed by atoms with E-state index >= 15 is 8.78 Å². The molecule has 2 aromatic carbocycles. The van der Waals surface area contributed by atoms with Gasteiger partial charge in [0, 0.05) is 40.6 Å². The molecule has 3 N–H and O–H groups in total. The Morgan fingerprint density at radius 2 is 1.56 bits per heavy atom. The maximum absolute atomic E-state index is 15.8. The number of pyridine rings is 1. The van der Waals surface area contributed by atoms with E-state index in [4.69, 9.17) is 27.1 Å². The average molecular weight is 1090 g/mol. The molecule has 72 heavy (non-hydrogen) atoms. The molecule has 3 aromatic heterocycles. The number of esters is 1. The monoisotopic (exact) mass is 1090 g/mol. The van der Waals surface area contributed by atoms with Crippen LogP contribution >= 0.6 is 11.6 Å². The zero-order valence-electron chi connectivity index (χ0n) is 39.2. The van der Waals surface area contributed by atoms with Crippen LogP contribution in [-0.2, 0) is 72.2 Å². The van der Waals surface area contributed by atoms with Crippen molar-refractivity contribution in [1.29, 1.82) is 0 Å². The Hall–Kier alpha value is -5.54. The molecule has 1 aliphatic rings. The number of sulfone groups is 1. The fraction of sp³-hybridized carbons (Fsp3) is 0.477. The third-order valence-corrected chi connectivity index (χ3v) is 16.0. The first-order chi connectivity index (χ1) is 32.9. The van der Waals surface area contributed by atoms with Crippen LogP contribution in [0, 0.1) is 17.6 Å². The maximum Gasteiger partial charge on any atom is 0.435 e. The Kier molecular flexibility index (Phi) is 15.3. The third-order valence-electron chi connectivity index (χ3n) is 12.4. The van der Waals surface area contributed by atoms with Crippen molar-refractivity contribution >= 4 is 60.1 Å². The minimum atomic E-state index is -5.25. The van der Waals surface area contributed by atoms with Crippen LogP contribution in [0.2, 0.25) is 5.02 Å². The number of carbonyl (C=O) groups is 2. The number of carbonyl (C=O) groups excluding carboxylic acids is 2. The number of fused-ring (bicyclic) bond motifs is 2. The van der Waals surface area contributed by atoms with E-state index in [1.165, 1.54) is 32.9 Å². The summed E-state index contributed by atoms with van der Waals surface area (Å²) in [5.41, 5.74) is 0.329. The number of aromatic nitrogens is 5. The van der Waals surface area contributed by atoms with E-state index in [0.717, 1.165) is 44.4 Å². The molecule has 3 heterocycles. The van der Waals surface area contributed by atoms with Gasteiger partial charge in [0.2, 0.25) is 15.9 Å². The number of aryl methyl sites for hydroxylation is 1. The molecule has 0 aliphatic heterocycles. The van der Waals surface area contributed by atoms with Gasteiger partial charge in [-0.25, -0.2) is 29.9 Å². The molecule has 4 atom stereocenters. The maximum atomic E-state index is 15.8. The predicted molar refractivity (Wildman–Crippen MR) is 243 cm³/mol. The van der Waals surface area contributed by atoms with E-state index < -0.39 is 155 Å². The van der Waals surface area contributed by atoms with Crippen LogP contribution in [0.3, 0.4) is 0 Å². The lowest BCUT2D eigenvalue weighted by atomic mass is 9.93. The van der Waals surface area contributed by atoms with Crippen molar-refractivity contribution < 1.29 is 75.1 Å². The number of benzene rings is 2. The van der Waals surface area contributed by atoms with Gasteiger partial charge in [0.05, 0.1) is 38.7 Å². The number of rotatable bonds is 17. The fourth-order valence-corrected chi connectivity index (χ4v) is 9.58. The molecule has 15 nitrogen and oxygen atoms in total. The summed E-state index contributed by atoms with van der Waals surface area (Å²) < 4.78 is 204. The van der Waals surface area contributed by atoms with Gasteiger partial charge >= 0.3 is 18.3 Å². The van der Waals surface area contributed by atoms with Gasteiger partial charge in [-0.1, -0.05) is 37.6 Å². The number of nitrogens with one attached hydrogen (secondary N) is 1. The SMILES string of the molecule is C[C@@H]1c2c(C(F)(F)F)nn(CC(=O)N[C@@H](Cc3cc(F)cc(F)c3)c3nc(CCC(C)(C)S(C)(=O)=O)ccc3-c3ccc(Cl)c4c(N(COC(=O)[C@@H](C)N)S(C)(=O)=O)nn(CC(F)(F)F)c34)c2C(F)(F)[C@@H]1C. The highest BCUT2D eigenvalue weighted by Gasteiger charge is 2.57. The molecule has 28 heteroatoms. The topological polar surface area (TPSA) is 201 Å². The summed E-state index contributed by atoms with van der Waals surface area (Å²) in [5, 5.41) is 8.99. The van der Waals surface area contributed by atoms with Crippen LogP contribution in [0.5, 0.6) is 0 Å². The van der Waals surface area contributed by atoms with Gasteiger partial charge in [-0.2, -0.15) is 45.3 Å². The second kappa shape index (κ2) is 19.7. The van der Waals surface area contributed by atoms with Gasteiger partial charge in [0.25, 0.3) is 5.92 Å². The highest BCUT2D eigenvalue weighted by molar-refractivity contribution is 7.92. The lowest BCUT2D eigenvalue weighted by molar-refractivity contribution is -0.144. The quantitative estimate of drug-likeness (QED) is 0.0518. The number of ether oxygens (including phenoxy) is 1. The Labute approximate surface area is 411 Å². The summed E-state index contributed by atoms with van der Waals surface area (Å²) >= 11 is 6.64. The van der Waals surface area contributed by atoms with E-state index in [-0.39, 0.29) is 45.6 Å². The molecule has 1 amide bonds. The molecule has 0 fully saturated rings. The first-order valence-electron chi connectivity index (χ1n) is 21.6. The van der Waals surface area contributed by atoms with Gasteiger partial charge in [0.1, 0.15) is 36.5 Å². The first kappa shape index (κ1) is 55.8. The van der Waals surface area contributed by atoms with E-state index in [0.29, 0.717) is 21.3 Å². The van der Waals surface area contributed by atoms with Crippen molar-refractivity contribution in [2.75, 3.05) is 23.5 Å². The number of nitrogens with two attached hydrogens (primary N) is 1. The smallest absolute Gasteiger partial charge is 0.435 e. The Morgan fingerprint density at radius 3 is 2.11 bits per heavy atom. The second-order valence-corrected chi connectivity index (χ2v) is 23.2. The van der Waals surface area contributed by atoms with Crippen molar-refractivity contribution in [3.05, 3.63) is 93.0 Å². The van der Waals surface area contributed by atoms with Crippen LogP contribution in [0.1, 0.15) is 86.9 Å². The second-order valence-electron chi connectivity index (χ2n) is 18.2. The lowest BCUT2D eigenvalue weighted by Crippen LogP contribution is -2.37. The number of hydrogen-bond donors (Lipinski definition) is 2. The Bertz CT molecular complexity index is 3140. The van der Waals surface area contributed by atoms with Crippen molar-refractivity contribution in [1.82, 2.24) is 29.9 Å². The zero-order valence-corrected chi connectivity index (χ0v) is 41.6. The van der Waals surface area contributed by atoms with E-state index in [2.05, 4.69) is 15.5 Å². The molecule has 0 radical (unpaired) electrons. The van der Waals surface area contributed by atoms with Gasteiger partial charge in [-0.05, 0) is 75.8 Å². The number of sulfonamides is 1. The molecule has 0 spiro atoms. The summed E-state index contributed by atoms with van der Waals surface area (Å²) in [5.74, 6) is -12.4. The van der Waals surface area contributed by atoms with E-state index in [1.807, 2.05) is 0 Å². The molecule has 1 aliphatic carbocycles. The normalized spacial score (nSPS) is 17.2. The molecule has 0 bridgehead atoms. The van der Waals surface area contributed by atoms with E-state index in [1.54, 1.807) is 0 Å². The minimum absolute atomic E-state index is 0.0615. The van der Waals surface area contributed by atoms with Crippen molar-refractivity contribution in [2.45, 2.75) is 108 Å². The molecular weight excluding hydrogens is 1040 g/mol. The summed E-state index contributed by atoms with van der Waals surface area (Å²) in [6, 6.07) is 4.05. The number of amides is 1. The number of anilines is 1. The van der Waals surface area contributed by atoms with Gasteiger partial charge in [0.15, 0.2) is 28.1 Å². The van der Waals surface area contributed by atoms with Crippen molar-refractivity contribution in [2.24, 2.45) is 11.7 Å². The zero-order chi connectivity index (χ0) is 54.0. The number of hydrogen-bond acceptors (Lipinski definition) is 11. The third kappa shape index (κ3) is 11.6. The Balaban J connectivity index is 1.63. The number of nitrogens with zero attached hydrogens (tertiary/aromatic N) is 6. The lowest BCUT2D eigenvalue weighted by Gasteiger charge is -2.25. The van der Waals surface area contributed by atoms with Crippen LogP contribution < -0.4 is 15.4 Å². The standard InChI is InChI=1S/C44H47ClF10N8O7S2/c1-21-22(2)43(51,52)38-33(21)37(44(53,54)55)59-61(38)18-32(64)58-31(16-24-14-25(46)17-26(47)15-24)35-28(9-8-27(57-35)12-13-41(4,5)71(6,66)67)29-10-11-30(45)34-36(29)62(19-42(48,49)50)60-39(34)63(72(7,68)69)20-70-40(65)23(3)56/h8-11,14-15,17,21-23,31H,12-13,16,18-20,56H2,1-7H3,(H,58,64)/t21-,22+,23+,31-/m0/s1. The molecule has 394 valence electrons. The van der Waals surface area contributed by atoms with Crippen LogP contribution in [0.15, 0.2) is 42.5 Å². The Morgan fingerprint density at radius 1 is 0.944 bits per heavy atom. The molecule has 0 unspecified atom stereocenters. The molecule has 0 saturated heterocycles. The van der Waals surface area contributed by atoms with Gasteiger partial charge in [-0.3, -0.25) is 23.9 Å². The molecule has 6 rings (SSSR count). The highest BCUT2D eigenvalue weighted by Crippen LogP contribution is 2.55. The van der Waals surface area contributed by atoms with Crippen molar-refractivity contribution in [3.63, 3.8) is 0 Å². The van der Waals surface area contributed by atoms with Gasteiger partial charge in [-0.15, -0.1) is 0 Å². The van der Waals surface area contributed by atoms with Crippen LogP contribution in [0.25, 0.3) is 22.0 Å². The van der Waals surface area contributed by atoms with Crippen LogP contribution in [0.4, 0.5) is 49.7 Å². The summed E-state index contributed by atoms with van der Waals surface area (Å²) in [6.45, 7) is 1.82. The first-order valence-corrected chi connectivity index (χ1v) is 25.7. The summed E-state index contributed by atoms with van der Waals surface area (Å²) in [6.07, 6.45) is -9.65. The van der Waals surface area contributed by atoms with Crippen LogP contribution in [-0.4, -0.2) is 89.5 Å². The minimum Gasteiger partial charge on any atom is -0.442 e. The number of halogens is 11. The molecular formula is C44H47ClF10N8O7S2. The largest absolute Gasteiger partial charge is 0.442 e. The average Bonchev–Trinajstić information content (AvgIpc) is 3.85. The fourth-order valence-electron chi connectivity index (χ4n) is 8.19. The summed E-state index contributed by atoms with van der Waals surface area (Å²) in [7, 11) is -8.33. The van der Waals surface area contributed by atoms with Gasteiger partial charge < -0.3 is 15.8 Å². The highest BCUT2D eigenvalue weighted by atomic mass is 35.5.